The predicted octanol–water partition coefficient (Wildman–Crippen LogP) is 4.16. The van der Waals surface area contributed by atoms with Gasteiger partial charge >= 0.3 is 0 Å². The van der Waals surface area contributed by atoms with E-state index in [4.69, 9.17) is 0 Å². The number of benzene rings is 1. The number of aryl methyl sites for hydroxylation is 2. The van der Waals surface area contributed by atoms with Crippen molar-refractivity contribution in [2.75, 3.05) is 0 Å². The molecule has 5 nitrogen and oxygen atoms in total. The van der Waals surface area contributed by atoms with Crippen molar-refractivity contribution in [3.8, 4) is 17.1 Å². The molecular formula is C20H20N4OS. The molecule has 0 bridgehead atoms. The van der Waals surface area contributed by atoms with Crippen molar-refractivity contribution in [2.24, 2.45) is 0 Å². The van der Waals surface area contributed by atoms with Gasteiger partial charge in [0.1, 0.15) is 5.78 Å². The highest BCUT2D eigenvalue weighted by atomic mass is 32.2. The number of nitrogens with zero attached hydrogens (tertiary/aromatic N) is 4. The van der Waals surface area contributed by atoms with E-state index in [0.717, 1.165) is 35.1 Å². The van der Waals surface area contributed by atoms with E-state index in [1.807, 2.05) is 12.1 Å². The molecule has 0 spiro atoms. The molecule has 1 saturated carbocycles. The third kappa shape index (κ3) is 3.17. The minimum absolute atomic E-state index is 0.0187. The summed E-state index contributed by atoms with van der Waals surface area (Å²) < 4.78 is 2.05. The molecule has 1 aromatic carbocycles. The second-order valence-corrected chi connectivity index (χ2v) is 7.78. The lowest BCUT2D eigenvalue weighted by molar-refractivity contribution is -0.116. The number of hydrogen-bond donors (Lipinski definition) is 0. The first kappa shape index (κ1) is 17.0. The van der Waals surface area contributed by atoms with Gasteiger partial charge in [0.25, 0.3) is 0 Å². The van der Waals surface area contributed by atoms with Crippen LogP contribution in [0.15, 0.2) is 47.9 Å². The van der Waals surface area contributed by atoms with Crippen molar-refractivity contribution in [3.05, 3.63) is 53.9 Å². The average molecular weight is 364 g/mol. The second kappa shape index (κ2) is 7.03. The van der Waals surface area contributed by atoms with Crippen LogP contribution < -0.4 is 0 Å². The SMILES string of the molecule is Cc1ccc(-n2c(SC3CCCC3=O)nnc2-c2ccncc2)cc1C. The average Bonchev–Trinajstić information content (AvgIpc) is 3.25. The highest BCUT2D eigenvalue weighted by molar-refractivity contribution is 8.00. The van der Waals surface area contributed by atoms with Crippen molar-refractivity contribution in [2.45, 2.75) is 43.5 Å². The summed E-state index contributed by atoms with van der Waals surface area (Å²) in [5, 5.41) is 9.60. The predicted molar refractivity (Wildman–Crippen MR) is 103 cm³/mol. The Balaban J connectivity index is 1.82. The van der Waals surface area contributed by atoms with Crippen LogP contribution >= 0.6 is 11.8 Å². The molecule has 0 radical (unpaired) electrons. The Labute approximate surface area is 156 Å². The Morgan fingerprint density at radius 1 is 1.08 bits per heavy atom. The summed E-state index contributed by atoms with van der Waals surface area (Å²) in [7, 11) is 0. The van der Waals surface area contributed by atoms with Crippen LogP contribution in [0.5, 0.6) is 0 Å². The fraction of sp³-hybridized carbons (Fsp3) is 0.300. The number of pyridine rings is 1. The molecule has 1 unspecified atom stereocenters. The lowest BCUT2D eigenvalue weighted by Gasteiger charge is -2.13. The van der Waals surface area contributed by atoms with Gasteiger partial charge in [-0.15, -0.1) is 10.2 Å². The molecule has 0 amide bonds. The van der Waals surface area contributed by atoms with Crippen molar-refractivity contribution < 1.29 is 4.79 Å². The maximum absolute atomic E-state index is 12.1. The van der Waals surface area contributed by atoms with Gasteiger partial charge in [-0.2, -0.15) is 0 Å². The summed E-state index contributed by atoms with van der Waals surface area (Å²) >= 11 is 1.53. The quantitative estimate of drug-likeness (QED) is 0.696. The van der Waals surface area contributed by atoms with Crippen molar-refractivity contribution in [1.82, 2.24) is 19.7 Å². The first-order chi connectivity index (χ1) is 12.6. The Morgan fingerprint density at radius 2 is 1.88 bits per heavy atom. The van der Waals surface area contributed by atoms with Crippen LogP contribution in [0.4, 0.5) is 0 Å². The summed E-state index contributed by atoms with van der Waals surface area (Å²) in [5.74, 6) is 1.08. The van der Waals surface area contributed by atoms with Gasteiger partial charge in [0, 0.05) is 24.4 Å². The first-order valence-corrected chi connectivity index (χ1v) is 9.64. The van der Waals surface area contributed by atoms with Crippen molar-refractivity contribution >= 4 is 17.5 Å². The minimum atomic E-state index is -0.0187. The normalized spacial score (nSPS) is 17.0. The summed E-state index contributed by atoms with van der Waals surface area (Å²) in [4.78, 5) is 16.2. The molecule has 26 heavy (non-hydrogen) atoms. The van der Waals surface area contributed by atoms with Crippen LogP contribution in [0.2, 0.25) is 0 Å². The van der Waals surface area contributed by atoms with E-state index in [2.05, 4.69) is 51.8 Å². The standard InChI is InChI=1S/C20H20N4OS/c1-13-6-7-16(12-14(13)2)24-19(15-8-10-21-11-9-15)22-23-20(24)26-18-5-3-4-17(18)25/h6-12,18H,3-5H2,1-2H3. The number of hydrogen-bond acceptors (Lipinski definition) is 5. The third-order valence-corrected chi connectivity index (χ3v) is 6.07. The van der Waals surface area contributed by atoms with Crippen LogP contribution in [-0.4, -0.2) is 30.8 Å². The highest BCUT2D eigenvalue weighted by Crippen LogP contribution is 2.35. The van der Waals surface area contributed by atoms with Crippen LogP contribution in [0.1, 0.15) is 30.4 Å². The summed E-state index contributed by atoms with van der Waals surface area (Å²) in [6, 6.07) is 10.2. The monoisotopic (exact) mass is 364 g/mol. The van der Waals surface area contributed by atoms with Gasteiger partial charge < -0.3 is 0 Å². The number of carbonyl (C=O) groups excluding carboxylic acids is 1. The largest absolute Gasteiger partial charge is 0.298 e. The highest BCUT2D eigenvalue weighted by Gasteiger charge is 2.28. The molecule has 6 heteroatoms. The minimum Gasteiger partial charge on any atom is -0.298 e. The van der Waals surface area contributed by atoms with E-state index in [1.165, 1.54) is 22.9 Å². The molecular weight excluding hydrogens is 344 g/mol. The third-order valence-electron chi connectivity index (χ3n) is 4.82. The molecule has 3 aromatic rings. The van der Waals surface area contributed by atoms with E-state index in [-0.39, 0.29) is 5.25 Å². The van der Waals surface area contributed by atoms with Gasteiger partial charge in [-0.05, 0) is 62.1 Å². The fourth-order valence-electron chi connectivity index (χ4n) is 3.17. The van der Waals surface area contributed by atoms with Gasteiger partial charge in [0.2, 0.25) is 0 Å². The first-order valence-electron chi connectivity index (χ1n) is 8.76. The molecule has 0 saturated heterocycles. The molecule has 4 rings (SSSR count). The zero-order valence-corrected chi connectivity index (χ0v) is 15.7. The van der Waals surface area contributed by atoms with Crippen LogP contribution in [0.25, 0.3) is 17.1 Å². The van der Waals surface area contributed by atoms with Gasteiger partial charge in [-0.25, -0.2) is 0 Å². The number of rotatable bonds is 4. The molecule has 1 aliphatic rings. The number of Topliss-reactive ketones (excluding diaryl/α,β-unsaturated/α-hetero) is 1. The van der Waals surface area contributed by atoms with Crippen LogP contribution in [0, 0.1) is 13.8 Å². The number of thioether (sulfide) groups is 1. The molecule has 0 aliphatic heterocycles. The summed E-state index contributed by atoms with van der Waals surface area (Å²) in [6.07, 6.45) is 6.05. The number of ketones is 1. The van der Waals surface area contributed by atoms with Gasteiger partial charge in [0.05, 0.1) is 10.9 Å². The lowest BCUT2D eigenvalue weighted by atomic mass is 10.1. The Bertz CT molecular complexity index is 952. The maximum Gasteiger partial charge on any atom is 0.196 e. The van der Waals surface area contributed by atoms with E-state index < -0.39 is 0 Å². The fourth-order valence-corrected chi connectivity index (χ4v) is 4.34. The zero-order chi connectivity index (χ0) is 18.1. The van der Waals surface area contributed by atoms with Crippen LogP contribution in [-0.2, 0) is 4.79 Å². The number of carbonyl (C=O) groups is 1. The summed E-state index contributed by atoms with van der Waals surface area (Å²) in [6.45, 7) is 4.20. The molecule has 1 fully saturated rings. The Kier molecular flexibility index (Phi) is 4.59. The lowest BCUT2D eigenvalue weighted by Crippen LogP contribution is -2.10. The molecule has 1 aliphatic carbocycles. The maximum atomic E-state index is 12.1. The molecule has 2 aromatic heterocycles. The van der Waals surface area contributed by atoms with Crippen molar-refractivity contribution in [3.63, 3.8) is 0 Å². The smallest absolute Gasteiger partial charge is 0.196 e. The zero-order valence-electron chi connectivity index (χ0n) is 14.8. The Hall–Kier alpha value is -2.47. The second-order valence-electron chi connectivity index (χ2n) is 6.61. The van der Waals surface area contributed by atoms with E-state index in [9.17, 15) is 4.79 Å². The number of aromatic nitrogens is 4. The van der Waals surface area contributed by atoms with Gasteiger partial charge in [-0.3, -0.25) is 14.3 Å². The molecule has 1 atom stereocenters. The van der Waals surface area contributed by atoms with E-state index >= 15 is 0 Å². The van der Waals surface area contributed by atoms with E-state index in [0.29, 0.717) is 12.2 Å². The van der Waals surface area contributed by atoms with Crippen molar-refractivity contribution in [1.29, 1.82) is 0 Å². The van der Waals surface area contributed by atoms with Gasteiger partial charge in [0.15, 0.2) is 11.0 Å². The topological polar surface area (TPSA) is 60.7 Å². The molecule has 132 valence electrons. The Morgan fingerprint density at radius 3 is 2.58 bits per heavy atom. The molecule has 0 N–H and O–H groups in total. The summed E-state index contributed by atoms with van der Waals surface area (Å²) in [5.41, 5.74) is 4.42. The van der Waals surface area contributed by atoms with Gasteiger partial charge in [-0.1, -0.05) is 17.8 Å². The van der Waals surface area contributed by atoms with E-state index in [1.54, 1.807) is 12.4 Å². The molecule has 2 heterocycles. The van der Waals surface area contributed by atoms with Crippen LogP contribution in [0.3, 0.4) is 0 Å².